The van der Waals surface area contributed by atoms with E-state index in [4.69, 9.17) is 4.74 Å². The summed E-state index contributed by atoms with van der Waals surface area (Å²) in [6.45, 7) is 8.13. The molecule has 0 saturated heterocycles. The summed E-state index contributed by atoms with van der Waals surface area (Å²) in [5.74, 6) is 0.564. The Hall–Kier alpha value is -0.870. The molecule has 0 bridgehead atoms. The van der Waals surface area contributed by atoms with Crippen LogP contribution in [-0.4, -0.2) is 29.5 Å². The van der Waals surface area contributed by atoms with Crippen molar-refractivity contribution in [2.24, 2.45) is 13.0 Å². The van der Waals surface area contributed by atoms with E-state index in [0.717, 1.165) is 25.3 Å². The molecule has 0 aliphatic carbocycles. The number of nitrogens with one attached hydrogen (secondary N) is 1. The number of methoxy groups -OCH3 is 1. The van der Waals surface area contributed by atoms with E-state index in [1.807, 2.05) is 11.7 Å². The molecule has 1 atom stereocenters. The van der Waals surface area contributed by atoms with Gasteiger partial charge in [0.15, 0.2) is 0 Å². The Morgan fingerprint density at radius 1 is 1.47 bits per heavy atom. The van der Waals surface area contributed by atoms with Gasteiger partial charge in [-0.15, -0.1) is 0 Å². The first-order valence-corrected chi connectivity index (χ1v) is 6.32. The highest BCUT2D eigenvalue weighted by atomic mass is 16.5. The van der Waals surface area contributed by atoms with E-state index >= 15 is 0 Å². The van der Waals surface area contributed by atoms with Gasteiger partial charge in [-0.3, -0.25) is 4.68 Å². The van der Waals surface area contributed by atoms with E-state index < -0.39 is 0 Å². The number of ether oxygens (including phenoxy) is 1. The highest BCUT2D eigenvalue weighted by molar-refractivity contribution is 5.10. The third-order valence-electron chi connectivity index (χ3n) is 3.09. The van der Waals surface area contributed by atoms with Gasteiger partial charge in [-0.2, -0.15) is 5.10 Å². The molecule has 0 fully saturated rings. The zero-order valence-electron chi connectivity index (χ0n) is 11.7. The van der Waals surface area contributed by atoms with Crippen LogP contribution in [0.2, 0.25) is 0 Å². The van der Waals surface area contributed by atoms with Crippen molar-refractivity contribution < 1.29 is 4.74 Å². The second-order valence-corrected chi connectivity index (χ2v) is 4.79. The molecule has 1 heterocycles. The monoisotopic (exact) mass is 239 g/mol. The van der Waals surface area contributed by atoms with Crippen LogP contribution in [0.15, 0.2) is 6.07 Å². The number of nitrogens with zero attached hydrogens (tertiary/aromatic N) is 2. The number of hydrogen-bond acceptors (Lipinski definition) is 3. The van der Waals surface area contributed by atoms with Gasteiger partial charge in [-0.05, 0) is 18.4 Å². The Morgan fingerprint density at radius 3 is 2.65 bits per heavy atom. The SMILES string of the molecule is CCc1cc(CNC(COC)C(C)C)n(C)n1. The number of rotatable bonds is 7. The first-order valence-electron chi connectivity index (χ1n) is 6.32. The standard InChI is InChI=1S/C13H25N3O/c1-6-11-7-12(16(4)15-11)8-14-13(9-17-5)10(2)3/h7,10,13-14H,6,8-9H2,1-5H3. The minimum absolute atomic E-state index is 0.389. The maximum atomic E-state index is 5.23. The average molecular weight is 239 g/mol. The summed E-state index contributed by atoms with van der Waals surface area (Å²) >= 11 is 0. The fourth-order valence-electron chi connectivity index (χ4n) is 1.81. The number of hydrogen-bond donors (Lipinski definition) is 1. The Bertz CT molecular complexity index is 333. The molecule has 17 heavy (non-hydrogen) atoms. The highest BCUT2D eigenvalue weighted by Crippen LogP contribution is 2.07. The normalized spacial score (nSPS) is 13.3. The van der Waals surface area contributed by atoms with Crippen LogP contribution in [0, 0.1) is 5.92 Å². The molecule has 1 N–H and O–H groups in total. The molecule has 1 rings (SSSR count). The molecular formula is C13H25N3O. The average Bonchev–Trinajstić information content (AvgIpc) is 2.65. The van der Waals surface area contributed by atoms with Crippen molar-refractivity contribution in [1.82, 2.24) is 15.1 Å². The molecule has 0 saturated carbocycles. The van der Waals surface area contributed by atoms with Crippen molar-refractivity contribution in [3.8, 4) is 0 Å². The lowest BCUT2D eigenvalue weighted by Crippen LogP contribution is -2.37. The number of aromatic nitrogens is 2. The van der Waals surface area contributed by atoms with Crippen molar-refractivity contribution in [2.45, 2.75) is 39.8 Å². The van der Waals surface area contributed by atoms with Crippen LogP contribution in [0.1, 0.15) is 32.2 Å². The van der Waals surface area contributed by atoms with Crippen LogP contribution in [0.25, 0.3) is 0 Å². The molecule has 1 aromatic rings. The predicted octanol–water partition coefficient (Wildman–Crippen LogP) is 1.74. The van der Waals surface area contributed by atoms with Crippen LogP contribution < -0.4 is 5.32 Å². The lowest BCUT2D eigenvalue weighted by molar-refractivity contribution is 0.146. The third kappa shape index (κ3) is 4.13. The van der Waals surface area contributed by atoms with Crippen molar-refractivity contribution in [2.75, 3.05) is 13.7 Å². The zero-order chi connectivity index (χ0) is 12.8. The van der Waals surface area contributed by atoms with Gasteiger partial charge in [-0.1, -0.05) is 20.8 Å². The van der Waals surface area contributed by atoms with E-state index in [9.17, 15) is 0 Å². The molecule has 0 aliphatic heterocycles. The van der Waals surface area contributed by atoms with Crippen LogP contribution in [0.3, 0.4) is 0 Å². The van der Waals surface area contributed by atoms with Gasteiger partial charge in [0.2, 0.25) is 0 Å². The molecule has 0 radical (unpaired) electrons. The topological polar surface area (TPSA) is 39.1 Å². The quantitative estimate of drug-likeness (QED) is 0.788. The minimum atomic E-state index is 0.389. The Kier molecular flexibility index (Phi) is 5.65. The zero-order valence-corrected chi connectivity index (χ0v) is 11.7. The van der Waals surface area contributed by atoms with Crippen molar-refractivity contribution >= 4 is 0 Å². The van der Waals surface area contributed by atoms with E-state index in [1.54, 1.807) is 7.11 Å². The smallest absolute Gasteiger partial charge is 0.0625 e. The molecule has 4 heteroatoms. The molecule has 0 amide bonds. The molecule has 0 aliphatic rings. The van der Waals surface area contributed by atoms with Crippen molar-refractivity contribution in [1.29, 1.82) is 0 Å². The van der Waals surface area contributed by atoms with Crippen LogP contribution in [0.5, 0.6) is 0 Å². The van der Waals surface area contributed by atoms with Crippen LogP contribution in [0.4, 0.5) is 0 Å². The molecule has 1 unspecified atom stereocenters. The van der Waals surface area contributed by atoms with Gasteiger partial charge >= 0.3 is 0 Å². The molecule has 4 nitrogen and oxygen atoms in total. The third-order valence-corrected chi connectivity index (χ3v) is 3.09. The van der Waals surface area contributed by atoms with Crippen LogP contribution >= 0.6 is 0 Å². The Balaban J connectivity index is 2.55. The van der Waals surface area contributed by atoms with Gasteiger partial charge in [0.05, 0.1) is 18.0 Å². The molecule has 0 aromatic carbocycles. The summed E-state index contributed by atoms with van der Waals surface area (Å²) in [4.78, 5) is 0. The molecule has 1 aromatic heterocycles. The summed E-state index contributed by atoms with van der Waals surface area (Å²) in [6.07, 6.45) is 0.986. The van der Waals surface area contributed by atoms with E-state index in [2.05, 4.69) is 37.3 Å². The van der Waals surface area contributed by atoms with E-state index in [0.29, 0.717) is 12.0 Å². The summed E-state index contributed by atoms with van der Waals surface area (Å²) in [5, 5.41) is 7.97. The van der Waals surface area contributed by atoms with Crippen molar-refractivity contribution in [3.05, 3.63) is 17.5 Å². The molecular weight excluding hydrogens is 214 g/mol. The lowest BCUT2D eigenvalue weighted by atomic mass is 10.1. The predicted molar refractivity (Wildman–Crippen MR) is 69.9 cm³/mol. The molecule has 98 valence electrons. The largest absolute Gasteiger partial charge is 0.383 e. The first kappa shape index (κ1) is 14.2. The summed E-state index contributed by atoms with van der Waals surface area (Å²) in [6, 6.07) is 2.55. The first-order chi connectivity index (χ1) is 8.08. The summed E-state index contributed by atoms with van der Waals surface area (Å²) in [7, 11) is 3.74. The van der Waals surface area contributed by atoms with Gasteiger partial charge in [-0.25, -0.2) is 0 Å². The van der Waals surface area contributed by atoms with Crippen LogP contribution in [-0.2, 0) is 24.8 Å². The summed E-state index contributed by atoms with van der Waals surface area (Å²) in [5.41, 5.74) is 2.38. The Morgan fingerprint density at radius 2 is 2.18 bits per heavy atom. The lowest BCUT2D eigenvalue weighted by Gasteiger charge is -2.21. The van der Waals surface area contributed by atoms with Gasteiger partial charge in [0.25, 0.3) is 0 Å². The highest BCUT2D eigenvalue weighted by Gasteiger charge is 2.13. The van der Waals surface area contributed by atoms with Gasteiger partial charge in [0.1, 0.15) is 0 Å². The fraction of sp³-hybridized carbons (Fsp3) is 0.769. The Labute approximate surface area is 104 Å². The van der Waals surface area contributed by atoms with Gasteiger partial charge < -0.3 is 10.1 Å². The van der Waals surface area contributed by atoms with E-state index in [-0.39, 0.29) is 0 Å². The molecule has 0 spiro atoms. The second kappa shape index (κ2) is 6.77. The maximum Gasteiger partial charge on any atom is 0.0625 e. The second-order valence-electron chi connectivity index (χ2n) is 4.79. The summed E-state index contributed by atoms with van der Waals surface area (Å²) < 4.78 is 7.18. The van der Waals surface area contributed by atoms with E-state index in [1.165, 1.54) is 5.69 Å². The van der Waals surface area contributed by atoms with Gasteiger partial charge in [0, 0.05) is 26.7 Å². The fourth-order valence-corrected chi connectivity index (χ4v) is 1.81. The number of aryl methyl sites for hydroxylation is 2. The minimum Gasteiger partial charge on any atom is -0.383 e. The maximum absolute atomic E-state index is 5.23. The van der Waals surface area contributed by atoms with Crippen molar-refractivity contribution in [3.63, 3.8) is 0 Å².